The topological polar surface area (TPSA) is 58.4 Å². The molecule has 0 aliphatic carbocycles. The van der Waals surface area contributed by atoms with Gasteiger partial charge in [-0.1, -0.05) is 30.3 Å². The lowest BCUT2D eigenvalue weighted by Gasteiger charge is -2.29. The molecule has 0 bridgehead atoms. The van der Waals surface area contributed by atoms with Crippen molar-refractivity contribution in [1.82, 2.24) is 9.88 Å². The largest absolute Gasteiger partial charge is 0.459 e. The number of anilines is 1. The summed E-state index contributed by atoms with van der Waals surface area (Å²) in [5.41, 5.74) is 4.41. The predicted octanol–water partition coefficient (Wildman–Crippen LogP) is 3.49. The highest BCUT2D eigenvalue weighted by Gasteiger charge is 2.21. The monoisotopic (exact) mass is 333 g/mol. The number of furan rings is 1. The standard InChI is InChI=1S/C20H19N3O2/c24-20(19-7-4-10-25-19)22-18-12-21-11-16-14-23(9-8-17(16)18)13-15-5-2-1-3-6-15/h1-7,10-12H,8-9,13-14H2,(H,22,24). The summed E-state index contributed by atoms with van der Waals surface area (Å²) >= 11 is 0. The van der Waals surface area contributed by atoms with E-state index in [4.69, 9.17) is 4.42 Å². The van der Waals surface area contributed by atoms with Crippen molar-refractivity contribution in [3.63, 3.8) is 0 Å². The number of benzene rings is 1. The van der Waals surface area contributed by atoms with Gasteiger partial charge >= 0.3 is 0 Å². The molecular formula is C20H19N3O2. The lowest BCUT2D eigenvalue weighted by atomic mass is 9.99. The molecule has 25 heavy (non-hydrogen) atoms. The minimum absolute atomic E-state index is 0.244. The minimum Gasteiger partial charge on any atom is -0.459 e. The second-order valence-corrected chi connectivity index (χ2v) is 6.20. The smallest absolute Gasteiger partial charge is 0.291 e. The molecule has 1 aromatic carbocycles. The van der Waals surface area contributed by atoms with Crippen LogP contribution in [0.4, 0.5) is 5.69 Å². The number of hydrogen-bond donors (Lipinski definition) is 1. The van der Waals surface area contributed by atoms with E-state index in [1.807, 2.05) is 12.3 Å². The third kappa shape index (κ3) is 3.46. The van der Waals surface area contributed by atoms with Crippen molar-refractivity contribution in [3.8, 4) is 0 Å². The average Bonchev–Trinajstić information content (AvgIpc) is 3.17. The third-order valence-electron chi connectivity index (χ3n) is 4.46. The predicted molar refractivity (Wildman–Crippen MR) is 95.2 cm³/mol. The fraction of sp³-hybridized carbons (Fsp3) is 0.200. The summed E-state index contributed by atoms with van der Waals surface area (Å²) in [5, 5.41) is 2.92. The number of carbonyl (C=O) groups excluding carboxylic acids is 1. The van der Waals surface area contributed by atoms with Crippen LogP contribution in [0.25, 0.3) is 0 Å². The zero-order chi connectivity index (χ0) is 17.1. The molecular weight excluding hydrogens is 314 g/mol. The van der Waals surface area contributed by atoms with Gasteiger partial charge in [0, 0.05) is 25.8 Å². The van der Waals surface area contributed by atoms with Crippen molar-refractivity contribution in [3.05, 3.63) is 83.6 Å². The molecule has 5 heteroatoms. The quantitative estimate of drug-likeness (QED) is 0.794. The number of fused-ring (bicyclic) bond motifs is 1. The molecule has 126 valence electrons. The van der Waals surface area contributed by atoms with Gasteiger partial charge < -0.3 is 9.73 Å². The summed E-state index contributed by atoms with van der Waals surface area (Å²) in [6.07, 6.45) is 6.00. The Morgan fingerprint density at radius 3 is 2.84 bits per heavy atom. The molecule has 3 heterocycles. The van der Waals surface area contributed by atoms with E-state index in [1.165, 1.54) is 23.0 Å². The number of aromatic nitrogens is 1. The number of carbonyl (C=O) groups is 1. The van der Waals surface area contributed by atoms with Gasteiger partial charge in [0.1, 0.15) is 0 Å². The molecule has 1 aliphatic heterocycles. The number of amides is 1. The lowest BCUT2D eigenvalue weighted by Crippen LogP contribution is -2.31. The summed E-state index contributed by atoms with van der Waals surface area (Å²) in [4.78, 5) is 18.9. The fourth-order valence-electron chi connectivity index (χ4n) is 3.23. The highest BCUT2D eigenvalue weighted by Crippen LogP contribution is 2.26. The Labute approximate surface area is 146 Å². The van der Waals surface area contributed by atoms with Gasteiger partial charge in [-0.05, 0) is 35.2 Å². The summed E-state index contributed by atoms with van der Waals surface area (Å²) in [5.74, 6) is 0.0611. The van der Waals surface area contributed by atoms with E-state index >= 15 is 0 Å². The van der Waals surface area contributed by atoms with E-state index in [1.54, 1.807) is 18.3 Å². The normalized spacial score (nSPS) is 14.1. The van der Waals surface area contributed by atoms with Gasteiger partial charge in [0.15, 0.2) is 5.76 Å². The summed E-state index contributed by atoms with van der Waals surface area (Å²) in [7, 11) is 0. The van der Waals surface area contributed by atoms with Gasteiger partial charge in [0.05, 0.1) is 18.1 Å². The maximum Gasteiger partial charge on any atom is 0.291 e. The van der Waals surface area contributed by atoms with Crippen molar-refractivity contribution in [2.24, 2.45) is 0 Å². The van der Waals surface area contributed by atoms with Gasteiger partial charge in [-0.25, -0.2) is 0 Å². The Kier molecular flexibility index (Phi) is 4.31. The molecule has 0 fully saturated rings. The fourth-order valence-corrected chi connectivity index (χ4v) is 3.23. The average molecular weight is 333 g/mol. The van der Waals surface area contributed by atoms with E-state index < -0.39 is 0 Å². The van der Waals surface area contributed by atoms with E-state index in [0.29, 0.717) is 5.76 Å². The van der Waals surface area contributed by atoms with Crippen LogP contribution < -0.4 is 5.32 Å². The van der Waals surface area contributed by atoms with Gasteiger partial charge in [0.2, 0.25) is 0 Å². The van der Waals surface area contributed by atoms with Crippen molar-refractivity contribution in [2.45, 2.75) is 19.5 Å². The van der Waals surface area contributed by atoms with Crippen LogP contribution in [-0.4, -0.2) is 22.3 Å². The van der Waals surface area contributed by atoms with Crippen molar-refractivity contribution < 1.29 is 9.21 Å². The van der Waals surface area contributed by atoms with Crippen LogP contribution >= 0.6 is 0 Å². The number of pyridine rings is 1. The van der Waals surface area contributed by atoms with E-state index in [0.717, 1.165) is 31.7 Å². The van der Waals surface area contributed by atoms with E-state index in [-0.39, 0.29) is 5.91 Å². The van der Waals surface area contributed by atoms with Crippen LogP contribution in [0, 0.1) is 0 Å². The zero-order valence-electron chi connectivity index (χ0n) is 13.8. The summed E-state index contributed by atoms with van der Waals surface area (Å²) in [6, 6.07) is 13.8. The van der Waals surface area contributed by atoms with Crippen LogP contribution in [0.1, 0.15) is 27.2 Å². The van der Waals surface area contributed by atoms with Crippen LogP contribution in [0.2, 0.25) is 0 Å². The molecule has 0 unspecified atom stereocenters. The molecule has 0 saturated heterocycles. The van der Waals surface area contributed by atoms with Crippen LogP contribution in [0.3, 0.4) is 0 Å². The number of hydrogen-bond acceptors (Lipinski definition) is 4. The first kappa shape index (κ1) is 15.6. The number of nitrogens with one attached hydrogen (secondary N) is 1. The Balaban J connectivity index is 1.49. The molecule has 0 saturated carbocycles. The first-order valence-electron chi connectivity index (χ1n) is 8.36. The van der Waals surface area contributed by atoms with Crippen molar-refractivity contribution in [2.75, 3.05) is 11.9 Å². The molecule has 1 aliphatic rings. The van der Waals surface area contributed by atoms with Crippen molar-refractivity contribution in [1.29, 1.82) is 0 Å². The SMILES string of the molecule is O=C(Nc1cncc2c1CCN(Cc1ccccc1)C2)c1ccco1. The Morgan fingerprint density at radius 1 is 1.16 bits per heavy atom. The van der Waals surface area contributed by atoms with Crippen LogP contribution in [0.15, 0.2) is 65.5 Å². The van der Waals surface area contributed by atoms with Crippen molar-refractivity contribution >= 4 is 11.6 Å². The molecule has 2 aromatic heterocycles. The molecule has 0 spiro atoms. The number of nitrogens with zero attached hydrogens (tertiary/aromatic N) is 2. The molecule has 0 atom stereocenters. The van der Waals surface area contributed by atoms with Gasteiger partial charge in [-0.15, -0.1) is 0 Å². The lowest BCUT2D eigenvalue weighted by molar-refractivity contribution is 0.0996. The molecule has 1 N–H and O–H groups in total. The molecule has 0 radical (unpaired) electrons. The highest BCUT2D eigenvalue weighted by atomic mass is 16.3. The van der Waals surface area contributed by atoms with Crippen LogP contribution in [-0.2, 0) is 19.5 Å². The second-order valence-electron chi connectivity index (χ2n) is 6.20. The minimum atomic E-state index is -0.244. The zero-order valence-corrected chi connectivity index (χ0v) is 13.8. The summed E-state index contributed by atoms with van der Waals surface area (Å²) in [6.45, 7) is 2.71. The van der Waals surface area contributed by atoms with E-state index in [9.17, 15) is 4.79 Å². The highest BCUT2D eigenvalue weighted by molar-refractivity contribution is 6.02. The third-order valence-corrected chi connectivity index (χ3v) is 4.46. The van der Waals surface area contributed by atoms with Crippen LogP contribution in [0.5, 0.6) is 0 Å². The first-order chi connectivity index (χ1) is 12.3. The molecule has 4 rings (SSSR count). The molecule has 1 amide bonds. The first-order valence-corrected chi connectivity index (χ1v) is 8.36. The maximum atomic E-state index is 12.2. The molecule has 5 nitrogen and oxygen atoms in total. The Morgan fingerprint density at radius 2 is 2.04 bits per heavy atom. The van der Waals surface area contributed by atoms with Gasteiger partial charge in [0.25, 0.3) is 5.91 Å². The number of rotatable bonds is 4. The second kappa shape index (κ2) is 6.91. The Bertz CT molecular complexity index is 860. The Hall–Kier alpha value is -2.92. The maximum absolute atomic E-state index is 12.2. The van der Waals surface area contributed by atoms with E-state index in [2.05, 4.69) is 39.5 Å². The molecule has 3 aromatic rings. The summed E-state index contributed by atoms with van der Waals surface area (Å²) < 4.78 is 5.15. The van der Waals surface area contributed by atoms with Gasteiger partial charge in [-0.3, -0.25) is 14.7 Å². The van der Waals surface area contributed by atoms with Gasteiger partial charge in [-0.2, -0.15) is 0 Å².